The van der Waals surface area contributed by atoms with Gasteiger partial charge < -0.3 is 5.32 Å². The Kier molecular flexibility index (Phi) is 3.93. The Balaban J connectivity index is 1.67. The van der Waals surface area contributed by atoms with Gasteiger partial charge in [-0.15, -0.1) is 0 Å². The summed E-state index contributed by atoms with van der Waals surface area (Å²) in [4.78, 5) is 4.12. The largest absolute Gasteiger partial charge is 0.314 e. The lowest BCUT2D eigenvalue weighted by molar-refractivity contribution is 0.227. The van der Waals surface area contributed by atoms with E-state index >= 15 is 0 Å². The van der Waals surface area contributed by atoms with Crippen LogP contribution in [0, 0.1) is 11.8 Å². The van der Waals surface area contributed by atoms with E-state index in [-0.39, 0.29) is 0 Å². The van der Waals surface area contributed by atoms with Crippen molar-refractivity contribution in [1.82, 2.24) is 20.5 Å². The molecule has 16 heavy (non-hydrogen) atoms. The molecule has 1 aromatic heterocycles. The van der Waals surface area contributed by atoms with E-state index in [0.717, 1.165) is 30.6 Å². The smallest absolute Gasteiger partial charge is 0.137 e. The maximum Gasteiger partial charge on any atom is 0.137 e. The normalized spacial score (nSPS) is 30.5. The summed E-state index contributed by atoms with van der Waals surface area (Å²) in [6.07, 6.45) is 6.51. The first-order valence-corrected chi connectivity index (χ1v) is 6.33. The highest BCUT2D eigenvalue weighted by atomic mass is 15.2. The van der Waals surface area contributed by atoms with Crippen molar-refractivity contribution in [2.75, 3.05) is 6.54 Å². The Hall–Kier alpha value is -0.900. The molecule has 0 aliphatic heterocycles. The third-order valence-electron chi connectivity index (χ3n) is 3.86. The van der Waals surface area contributed by atoms with Gasteiger partial charge in [0.15, 0.2) is 0 Å². The van der Waals surface area contributed by atoms with Gasteiger partial charge in [-0.2, -0.15) is 5.10 Å². The van der Waals surface area contributed by atoms with E-state index in [1.54, 1.807) is 6.33 Å². The summed E-state index contributed by atoms with van der Waals surface area (Å²) in [5.74, 6) is 2.73. The minimum absolute atomic E-state index is 0.703. The summed E-state index contributed by atoms with van der Waals surface area (Å²) in [7, 11) is 0. The van der Waals surface area contributed by atoms with Crippen molar-refractivity contribution in [2.45, 2.75) is 45.6 Å². The van der Waals surface area contributed by atoms with Crippen LogP contribution in [0.5, 0.6) is 0 Å². The topological polar surface area (TPSA) is 53.6 Å². The van der Waals surface area contributed by atoms with Crippen LogP contribution in [0.2, 0.25) is 0 Å². The molecule has 1 fully saturated rings. The van der Waals surface area contributed by atoms with Gasteiger partial charge >= 0.3 is 0 Å². The molecule has 1 heterocycles. The van der Waals surface area contributed by atoms with E-state index in [1.165, 1.54) is 19.3 Å². The molecule has 0 saturated heterocycles. The van der Waals surface area contributed by atoms with Crippen LogP contribution in [-0.4, -0.2) is 27.8 Å². The van der Waals surface area contributed by atoms with E-state index in [9.17, 15) is 0 Å². The highest BCUT2D eigenvalue weighted by Crippen LogP contribution is 2.29. The second kappa shape index (κ2) is 5.43. The van der Waals surface area contributed by atoms with Crippen molar-refractivity contribution in [3.05, 3.63) is 12.2 Å². The van der Waals surface area contributed by atoms with Gasteiger partial charge in [0.05, 0.1) is 0 Å². The first-order chi connectivity index (χ1) is 7.75. The highest BCUT2D eigenvalue weighted by Gasteiger charge is 2.23. The Morgan fingerprint density at radius 1 is 1.38 bits per heavy atom. The maximum absolute atomic E-state index is 4.12. The Bertz CT molecular complexity index is 296. The number of H-pyrrole nitrogens is 1. The third-order valence-corrected chi connectivity index (χ3v) is 3.86. The molecule has 4 heteroatoms. The lowest BCUT2D eigenvalue weighted by Gasteiger charge is -2.32. The van der Waals surface area contributed by atoms with Crippen molar-refractivity contribution in [3.63, 3.8) is 0 Å². The van der Waals surface area contributed by atoms with Gasteiger partial charge in [0, 0.05) is 19.0 Å². The van der Waals surface area contributed by atoms with Crippen LogP contribution < -0.4 is 5.32 Å². The Morgan fingerprint density at radius 3 is 2.94 bits per heavy atom. The number of rotatable bonds is 4. The molecular formula is C12H22N4. The van der Waals surface area contributed by atoms with E-state index in [4.69, 9.17) is 0 Å². The number of aromatic nitrogens is 3. The molecule has 1 saturated carbocycles. The van der Waals surface area contributed by atoms with Gasteiger partial charge in [0.1, 0.15) is 12.2 Å². The van der Waals surface area contributed by atoms with Crippen LogP contribution >= 0.6 is 0 Å². The fourth-order valence-electron chi connectivity index (χ4n) is 2.48. The van der Waals surface area contributed by atoms with Crippen LogP contribution in [0.15, 0.2) is 6.33 Å². The molecule has 3 atom stereocenters. The van der Waals surface area contributed by atoms with Crippen LogP contribution in [0.1, 0.15) is 38.9 Å². The van der Waals surface area contributed by atoms with Crippen LogP contribution in [0.25, 0.3) is 0 Å². The van der Waals surface area contributed by atoms with E-state index in [0.29, 0.717) is 6.04 Å². The Labute approximate surface area is 97.2 Å². The van der Waals surface area contributed by atoms with Gasteiger partial charge in [0.25, 0.3) is 0 Å². The fourth-order valence-corrected chi connectivity index (χ4v) is 2.48. The average Bonchev–Trinajstić information content (AvgIpc) is 2.76. The predicted octanol–water partition coefficient (Wildman–Crippen LogP) is 1.76. The molecule has 1 aliphatic rings. The summed E-state index contributed by atoms with van der Waals surface area (Å²) in [6.45, 7) is 5.74. The standard InChI is InChI=1S/C12H22N4/c1-9-3-4-11(7-10(9)2)13-6-5-12-14-8-15-16-12/h8-11,13H,3-7H2,1-2H3,(H,14,15,16). The predicted molar refractivity (Wildman–Crippen MR) is 64.1 cm³/mol. The van der Waals surface area contributed by atoms with Gasteiger partial charge in [-0.25, -0.2) is 4.98 Å². The maximum atomic E-state index is 4.12. The summed E-state index contributed by atoms with van der Waals surface area (Å²) < 4.78 is 0. The second-order valence-corrected chi connectivity index (χ2v) is 5.10. The highest BCUT2D eigenvalue weighted by molar-refractivity contribution is 4.84. The first-order valence-electron chi connectivity index (χ1n) is 6.33. The van der Waals surface area contributed by atoms with Crippen molar-refractivity contribution in [2.24, 2.45) is 11.8 Å². The molecule has 0 spiro atoms. The lowest BCUT2D eigenvalue weighted by atomic mass is 9.79. The third kappa shape index (κ3) is 3.04. The number of nitrogens with zero attached hydrogens (tertiary/aromatic N) is 2. The van der Waals surface area contributed by atoms with Gasteiger partial charge in [-0.1, -0.05) is 13.8 Å². The zero-order valence-corrected chi connectivity index (χ0v) is 10.2. The Morgan fingerprint density at radius 2 is 2.25 bits per heavy atom. The molecule has 0 amide bonds. The second-order valence-electron chi connectivity index (χ2n) is 5.10. The first kappa shape index (κ1) is 11.6. The van der Waals surface area contributed by atoms with E-state index in [2.05, 4.69) is 34.3 Å². The number of aromatic amines is 1. The lowest BCUT2D eigenvalue weighted by Crippen LogP contribution is -2.37. The summed E-state index contributed by atoms with van der Waals surface area (Å²) in [5.41, 5.74) is 0. The molecule has 4 nitrogen and oxygen atoms in total. The molecule has 1 aliphatic carbocycles. The zero-order valence-electron chi connectivity index (χ0n) is 10.2. The molecule has 3 unspecified atom stereocenters. The van der Waals surface area contributed by atoms with E-state index < -0.39 is 0 Å². The zero-order chi connectivity index (χ0) is 11.4. The summed E-state index contributed by atoms with van der Waals surface area (Å²) in [6, 6.07) is 0.703. The molecule has 2 N–H and O–H groups in total. The minimum atomic E-state index is 0.703. The number of hydrogen-bond acceptors (Lipinski definition) is 3. The van der Waals surface area contributed by atoms with Gasteiger partial charge in [0.2, 0.25) is 0 Å². The summed E-state index contributed by atoms with van der Waals surface area (Å²) in [5, 5.41) is 10.4. The van der Waals surface area contributed by atoms with Crippen molar-refractivity contribution in [3.8, 4) is 0 Å². The quantitative estimate of drug-likeness (QED) is 0.816. The summed E-state index contributed by atoms with van der Waals surface area (Å²) >= 11 is 0. The fraction of sp³-hybridized carbons (Fsp3) is 0.833. The van der Waals surface area contributed by atoms with E-state index in [1.807, 2.05) is 0 Å². The van der Waals surface area contributed by atoms with Crippen molar-refractivity contribution >= 4 is 0 Å². The average molecular weight is 222 g/mol. The van der Waals surface area contributed by atoms with Crippen LogP contribution in [0.4, 0.5) is 0 Å². The molecule has 1 aromatic rings. The molecular weight excluding hydrogens is 200 g/mol. The van der Waals surface area contributed by atoms with Crippen LogP contribution in [0.3, 0.4) is 0 Å². The van der Waals surface area contributed by atoms with Crippen LogP contribution in [-0.2, 0) is 6.42 Å². The van der Waals surface area contributed by atoms with Gasteiger partial charge in [-0.05, 0) is 31.1 Å². The number of nitrogens with one attached hydrogen (secondary N) is 2. The van der Waals surface area contributed by atoms with Crippen molar-refractivity contribution < 1.29 is 0 Å². The monoisotopic (exact) mass is 222 g/mol. The molecule has 0 bridgehead atoms. The molecule has 0 aromatic carbocycles. The molecule has 0 radical (unpaired) electrons. The SMILES string of the molecule is CC1CCC(NCCc2ncn[nH]2)CC1C. The minimum Gasteiger partial charge on any atom is -0.314 e. The molecule has 2 rings (SSSR count). The van der Waals surface area contributed by atoms with Gasteiger partial charge in [-0.3, -0.25) is 5.10 Å². The number of hydrogen-bond donors (Lipinski definition) is 2. The van der Waals surface area contributed by atoms with Crippen molar-refractivity contribution in [1.29, 1.82) is 0 Å². The molecule has 90 valence electrons.